The minimum absolute atomic E-state index is 0.0423. The van der Waals surface area contributed by atoms with E-state index in [9.17, 15) is 9.59 Å². The summed E-state index contributed by atoms with van der Waals surface area (Å²) in [6, 6.07) is 9.10. The van der Waals surface area contributed by atoms with E-state index in [0.29, 0.717) is 47.3 Å². The van der Waals surface area contributed by atoms with Gasteiger partial charge in [-0.15, -0.1) is 0 Å². The summed E-state index contributed by atoms with van der Waals surface area (Å²) in [7, 11) is 3.04. The fraction of sp³-hybridized carbons (Fsp3) is 0.391. The number of piperidine rings is 1. The third-order valence-electron chi connectivity index (χ3n) is 5.28. The average Bonchev–Trinajstić information content (AvgIpc) is 2.73. The van der Waals surface area contributed by atoms with Crippen molar-refractivity contribution in [1.29, 1.82) is 0 Å². The van der Waals surface area contributed by atoms with E-state index >= 15 is 0 Å². The normalized spacial score (nSPS) is 16.2. The lowest BCUT2D eigenvalue weighted by Gasteiger charge is -2.32. The summed E-state index contributed by atoms with van der Waals surface area (Å²) in [5, 5.41) is 3.21. The number of halogens is 1. The molecule has 1 saturated heterocycles. The van der Waals surface area contributed by atoms with Gasteiger partial charge in [-0.25, -0.2) is 0 Å². The number of ether oxygens (including phenoxy) is 2. The highest BCUT2D eigenvalue weighted by molar-refractivity contribution is 6.34. The van der Waals surface area contributed by atoms with Crippen LogP contribution in [0.5, 0.6) is 11.5 Å². The van der Waals surface area contributed by atoms with Gasteiger partial charge in [-0.3, -0.25) is 9.59 Å². The van der Waals surface area contributed by atoms with Crippen molar-refractivity contribution in [3.63, 3.8) is 0 Å². The van der Waals surface area contributed by atoms with Crippen LogP contribution in [0.2, 0.25) is 5.02 Å². The first-order valence-corrected chi connectivity index (χ1v) is 10.3. The number of carbonyl (C=O) groups excluding carboxylic acids is 2. The second-order valence-electron chi connectivity index (χ2n) is 7.64. The lowest BCUT2D eigenvalue weighted by molar-refractivity contribution is -0.121. The van der Waals surface area contributed by atoms with E-state index in [0.717, 1.165) is 17.5 Å². The first-order chi connectivity index (χ1) is 14.3. The zero-order chi connectivity index (χ0) is 21.8. The second kappa shape index (κ2) is 9.39. The molecular weight excluding hydrogens is 404 g/mol. The van der Waals surface area contributed by atoms with Crippen LogP contribution < -0.4 is 14.8 Å². The van der Waals surface area contributed by atoms with E-state index in [4.69, 9.17) is 21.1 Å². The molecule has 1 N–H and O–H groups in total. The fourth-order valence-corrected chi connectivity index (χ4v) is 4.09. The predicted molar refractivity (Wildman–Crippen MR) is 118 cm³/mol. The van der Waals surface area contributed by atoms with E-state index in [-0.39, 0.29) is 17.7 Å². The van der Waals surface area contributed by atoms with Crippen molar-refractivity contribution in [2.24, 2.45) is 5.92 Å². The molecule has 6 nitrogen and oxygen atoms in total. The Morgan fingerprint density at radius 3 is 2.40 bits per heavy atom. The highest BCUT2D eigenvalue weighted by atomic mass is 35.5. The summed E-state index contributed by atoms with van der Waals surface area (Å²) in [6.45, 7) is 4.96. The molecular formula is C23H27ClN2O4. The van der Waals surface area contributed by atoms with Gasteiger partial charge in [-0.2, -0.15) is 0 Å². The Morgan fingerprint density at radius 2 is 1.77 bits per heavy atom. The number of nitrogens with zero attached hydrogens (tertiary/aromatic N) is 1. The number of benzene rings is 2. The molecule has 0 bridgehead atoms. The number of carbonyl (C=O) groups is 2. The number of nitrogens with one attached hydrogen (secondary N) is 1. The minimum Gasteiger partial charge on any atom is -0.497 e. The number of aryl methyl sites for hydroxylation is 2. The second-order valence-corrected chi connectivity index (χ2v) is 8.05. The van der Waals surface area contributed by atoms with Gasteiger partial charge in [0, 0.05) is 30.8 Å². The van der Waals surface area contributed by atoms with Gasteiger partial charge in [-0.1, -0.05) is 28.8 Å². The van der Waals surface area contributed by atoms with Crippen molar-refractivity contribution in [2.45, 2.75) is 26.7 Å². The molecule has 160 valence electrons. The molecule has 1 aliphatic heterocycles. The van der Waals surface area contributed by atoms with Gasteiger partial charge in [0.15, 0.2) is 0 Å². The maximum absolute atomic E-state index is 13.0. The Morgan fingerprint density at radius 1 is 1.07 bits per heavy atom. The van der Waals surface area contributed by atoms with Crippen LogP contribution in [0.3, 0.4) is 0 Å². The van der Waals surface area contributed by atoms with Crippen molar-refractivity contribution in [2.75, 3.05) is 32.6 Å². The van der Waals surface area contributed by atoms with Crippen LogP contribution in [0.25, 0.3) is 0 Å². The summed E-state index contributed by atoms with van der Waals surface area (Å²) in [6.07, 6.45) is 1.47. The van der Waals surface area contributed by atoms with E-state index < -0.39 is 0 Å². The highest BCUT2D eigenvalue weighted by Crippen LogP contribution is 2.37. The molecule has 1 atom stereocenters. The van der Waals surface area contributed by atoms with Crippen molar-refractivity contribution >= 4 is 29.1 Å². The van der Waals surface area contributed by atoms with Crippen LogP contribution in [0.15, 0.2) is 30.3 Å². The van der Waals surface area contributed by atoms with Gasteiger partial charge in [-0.05, 0) is 38.8 Å². The summed E-state index contributed by atoms with van der Waals surface area (Å²) in [5.74, 6) is 0.415. The number of likely N-dealkylation sites (tertiary alicyclic amines) is 1. The van der Waals surface area contributed by atoms with Crippen LogP contribution in [0, 0.1) is 19.8 Å². The van der Waals surface area contributed by atoms with Crippen LogP contribution in [-0.4, -0.2) is 44.0 Å². The van der Waals surface area contributed by atoms with Crippen molar-refractivity contribution in [1.82, 2.24) is 4.90 Å². The van der Waals surface area contributed by atoms with E-state index in [2.05, 4.69) is 5.32 Å². The summed E-state index contributed by atoms with van der Waals surface area (Å²) < 4.78 is 10.5. The maximum atomic E-state index is 13.0. The molecule has 0 aliphatic carbocycles. The van der Waals surface area contributed by atoms with E-state index in [1.54, 1.807) is 17.0 Å². The van der Waals surface area contributed by atoms with Gasteiger partial charge >= 0.3 is 0 Å². The first-order valence-electron chi connectivity index (χ1n) is 9.92. The Kier molecular flexibility index (Phi) is 6.87. The van der Waals surface area contributed by atoms with Gasteiger partial charge in [0.2, 0.25) is 5.91 Å². The van der Waals surface area contributed by atoms with E-state index in [1.807, 2.05) is 32.0 Å². The Labute approximate surface area is 182 Å². The number of amides is 2. The third-order valence-corrected chi connectivity index (χ3v) is 5.58. The molecule has 2 aromatic rings. The molecule has 2 amide bonds. The number of anilines is 1. The van der Waals surface area contributed by atoms with Gasteiger partial charge in [0.05, 0.1) is 25.2 Å². The van der Waals surface area contributed by atoms with Crippen molar-refractivity contribution in [3.8, 4) is 11.5 Å². The monoisotopic (exact) mass is 430 g/mol. The van der Waals surface area contributed by atoms with Gasteiger partial charge < -0.3 is 19.7 Å². The number of hydrogen-bond donors (Lipinski definition) is 1. The average molecular weight is 431 g/mol. The van der Waals surface area contributed by atoms with Gasteiger partial charge in [0.1, 0.15) is 17.2 Å². The molecule has 0 spiro atoms. The minimum atomic E-state index is -0.323. The molecule has 0 radical (unpaired) electrons. The Balaban J connectivity index is 1.74. The molecule has 3 rings (SSSR count). The number of methoxy groups -OCH3 is 2. The quantitative estimate of drug-likeness (QED) is 0.760. The SMILES string of the molecule is COc1cc(Cl)c(NC(=O)[C@@H]2CCCN(C(=O)c3cc(C)cc(C)c3)C2)c(OC)c1. The summed E-state index contributed by atoms with van der Waals surface area (Å²) in [5.41, 5.74) is 3.16. The lowest BCUT2D eigenvalue weighted by atomic mass is 9.96. The Hall–Kier alpha value is -2.73. The number of hydrogen-bond acceptors (Lipinski definition) is 4. The molecule has 1 heterocycles. The summed E-state index contributed by atoms with van der Waals surface area (Å²) >= 11 is 6.32. The Bertz CT molecular complexity index is 940. The topological polar surface area (TPSA) is 67.9 Å². The molecule has 7 heteroatoms. The largest absolute Gasteiger partial charge is 0.497 e. The van der Waals surface area contributed by atoms with Gasteiger partial charge in [0.25, 0.3) is 5.91 Å². The molecule has 0 saturated carbocycles. The van der Waals surface area contributed by atoms with Crippen LogP contribution >= 0.6 is 11.6 Å². The van der Waals surface area contributed by atoms with Crippen molar-refractivity contribution < 1.29 is 19.1 Å². The lowest BCUT2D eigenvalue weighted by Crippen LogP contribution is -2.43. The zero-order valence-corrected chi connectivity index (χ0v) is 18.5. The third kappa shape index (κ3) is 4.87. The predicted octanol–water partition coefficient (Wildman–Crippen LogP) is 4.46. The van der Waals surface area contributed by atoms with E-state index in [1.165, 1.54) is 14.2 Å². The zero-order valence-electron chi connectivity index (χ0n) is 17.8. The molecule has 2 aromatic carbocycles. The highest BCUT2D eigenvalue weighted by Gasteiger charge is 2.30. The van der Waals surface area contributed by atoms with Crippen LogP contribution in [0.4, 0.5) is 5.69 Å². The smallest absolute Gasteiger partial charge is 0.253 e. The summed E-state index contributed by atoms with van der Waals surface area (Å²) in [4.78, 5) is 27.7. The number of rotatable bonds is 5. The van der Waals surface area contributed by atoms with Crippen LogP contribution in [-0.2, 0) is 4.79 Å². The molecule has 0 unspecified atom stereocenters. The fourth-order valence-electron chi connectivity index (χ4n) is 3.84. The molecule has 30 heavy (non-hydrogen) atoms. The molecule has 1 fully saturated rings. The van der Waals surface area contributed by atoms with Crippen LogP contribution in [0.1, 0.15) is 34.3 Å². The molecule has 0 aromatic heterocycles. The molecule has 1 aliphatic rings. The first kappa shape index (κ1) is 22.0. The van der Waals surface area contributed by atoms with Crippen molar-refractivity contribution in [3.05, 3.63) is 52.0 Å². The maximum Gasteiger partial charge on any atom is 0.253 e. The standard InChI is InChI=1S/C23H27ClN2O4/c1-14-8-15(2)10-17(9-14)23(28)26-7-5-6-16(13-26)22(27)25-21-19(24)11-18(29-3)12-20(21)30-4/h8-12,16H,5-7,13H2,1-4H3,(H,25,27)/t16-/m1/s1.